The molecule has 4 aliphatic carbocycles. The Balaban J connectivity index is 1.57. The summed E-state index contributed by atoms with van der Waals surface area (Å²) in [5.41, 5.74) is 14.9. The molecule has 0 N–H and O–H groups in total. The van der Waals surface area contributed by atoms with Crippen molar-refractivity contribution in [1.82, 2.24) is 0 Å². The Morgan fingerprint density at radius 2 is 0.548 bits per heavy atom. The Morgan fingerprint density at radius 1 is 0.238 bits per heavy atom. The van der Waals surface area contributed by atoms with Gasteiger partial charge in [-0.2, -0.15) is 0 Å². The van der Waals surface area contributed by atoms with Crippen LogP contribution in [0.1, 0.15) is 66.8 Å². The minimum absolute atomic E-state index is 0.524. The molecule has 0 aromatic heterocycles. The van der Waals surface area contributed by atoms with Gasteiger partial charge in [-0.25, -0.2) is 0 Å². The van der Waals surface area contributed by atoms with Crippen molar-refractivity contribution in [3.8, 4) is 0 Å². The molecule has 194 valence electrons. The van der Waals surface area contributed by atoms with Crippen LogP contribution < -0.4 is 0 Å². The molecule has 0 heteroatoms. The van der Waals surface area contributed by atoms with Crippen molar-refractivity contribution in [3.63, 3.8) is 0 Å². The zero-order valence-electron chi connectivity index (χ0n) is 23.0. The average Bonchev–Trinajstić information content (AvgIpc) is 3.47. The first-order valence-corrected chi connectivity index (χ1v) is 14.9. The second-order valence-electron chi connectivity index (χ2n) is 12.0. The van der Waals surface area contributed by atoms with E-state index >= 15 is 0 Å². The van der Waals surface area contributed by atoms with Gasteiger partial charge in [0.25, 0.3) is 0 Å². The van der Waals surface area contributed by atoms with Crippen molar-refractivity contribution in [2.75, 3.05) is 0 Å². The van der Waals surface area contributed by atoms with Gasteiger partial charge in [0.1, 0.15) is 0 Å². The van der Waals surface area contributed by atoms with Gasteiger partial charge in [0, 0.05) is 0 Å². The van der Waals surface area contributed by atoms with E-state index in [0.717, 1.165) is 0 Å². The SMILES string of the molecule is C1=Cc2ccccc2C2(c3ccccc31)c1ccc3c4c(ccc(c14)C21c2ccccc2C=Cc2ccccc21)C=C3. The van der Waals surface area contributed by atoms with Crippen LogP contribution >= 0.6 is 0 Å². The smallest absolute Gasteiger partial charge is 0.0619 e. The second-order valence-corrected chi connectivity index (χ2v) is 12.0. The van der Waals surface area contributed by atoms with Gasteiger partial charge in [-0.1, -0.05) is 158 Å². The molecule has 0 aliphatic heterocycles. The van der Waals surface area contributed by atoms with E-state index < -0.39 is 10.8 Å². The summed E-state index contributed by atoms with van der Waals surface area (Å²) in [6, 6.07) is 46.2. The van der Waals surface area contributed by atoms with Gasteiger partial charge in [0.2, 0.25) is 0 Å². The van der Waals surface area contributed by atoms with Crippen LogP contribution in [-0.4, -0.2) is 0 Å². The summed E-state index contributed by atoms with van der Waals surface area (Å²) in [5.74, 6) is 0. The lowest BCUT2D eigenvalue weighted by molar-refractivity contribution is 0.441. The third-order valence-corrected chi connectivity index (χ3v) is 10.4. The average molecular weight is 531 g/mol. The second kappa shape index (κ2) is 7.75. The van der Waals surface area contributed by atoms with Crippen LogP contribution in [0.4, 0.5) is 0 Å². The Labute approximate surface area is 245 Å². The van der Waals surface area contributed by atoms with Gasteiger partial charge in [-0.05, 0) is 77.5 Å². The van der Waals surface area contributed by atoms with Crippen molar-refractivity contribution in [3.05, 3.63) is 188 Å². The van der Waals surface area contributed by atoms with Crippen LogP contribution in [0, 0.1) is 0 Å². The fourth-order valence-corrected chi connectivity index (χ4v) is 9.01. The van der Waals surface area contributed by atoms with Gasteiger partial charge in [0.15, 0.2) is 0 Å². The monoisotopic (exact) mass is 530 g/mol. The van der Waals surface area contributed by atoms with Crippen molar-refractivity contribution in [1.29, 1.82) is 0 Å². The van der Waals surface area contributed by atoms with Crippen molar-refractivity contribution < 1.29 is 0 Å². The maximum absolute atomic E-state index is 2.46. The Kier molecular flexibility index (Phi) is 4.15. The van der Waals surface area contributed by atoms with E-state index in [1.165, 1.54) is 77.5 Å². The number of hydrogen-bond acceptors (Lipinski definition) is 0. The molecule has 0 saturated heterocycles. The Morgan fingerprint density at radius 3 is 0.905 bits per heavy atom. The fourth-order valence-electron chi connectivity index (χ4n) is 9.01. The quantitative estimate of drug-likeness (QED) is 0.183. The van der Waals surface area contributed by atoms with E-state index in [0.29, 0.717) is 0 Å². The van der Waals surface area contributed by atoms with Crippen LogP contribution in [0.25, 0.3) is 47.2 Å². The number of hydrogen-bond donors (Lipinski definition) is 0. The lowest BCUT2D eigenvalue weighted by Crippen LogP contribution is -2.50. The van der Waals surface area contributed by atoms with Crippen LogP contribution in [0.15, 0.2) is 121 Å². The molecule has 42 heavy (non-hydrogen) atoms. The summed E-state index contributed by atoms with van der Waals surface area (Å²) >= 11 is 0. The van der Waals surface area contributed by atoms with E-state index in [4.69, 9.17) is 0 Å². The highest BCUT2D eigenvalue weighted by molar-refractivity contribution is 6.11. The van der Waals surface area contributed by atoms with Crippen LogP contribution in [-0.2, 0) is 10.8 Å². The Hall–Kier alpha value is -5.20. The van der Waals surface area contributed by atoms with Crippen LogP contribution in [0.3, 0.4) is 0 Å². The maximum Gasteiger partial charge on any atom is 0.0647 e. The molecular formula is C42H26. The van der Waals surface area contributed by atoms with Crippen LogP contribution in [0.5, 0.6) is 0 Å². The summed E-state index contributed by atoms with van der Waals surface area (Å²) in [6.07, 6.45) is 13.9. The number of fused-ring (bicyclic) bond motifs is 11. The van der Waals surface area contributed by atoms with Gasteiger partial charge in [0.05, 0.1) is 10.8 Å². The van der Waals surface area contributed by atoms with Gasteiger partial charge >= 0.3 is 0 Å². The summed E-state index contributed by atoms with van der Waals surface area (Å²) in [6.45, 7) is 0. The minimum Gasteiger partial charge on any atom is -0.0619 e. The molecule has 4 aliphatic rings. The molecule has 0 unspecified atom stereocenters. The molecule has 0 radical (unpaired) electrons. The molecule has 0 heterocycles. The first-order valence-electron chi connectivity index (χ1n) is 14.9. The molecule has 10 rings (SSSR count). The highest BCUT2D eigenvalue weighted by Crippen LogP contribution is 2.69. The molecular weight excluding hydrogens is 504 g/mol. The molecule has 0 nitrogen and oxygen atoms in total. The molecule has 0 saturated carbocycles. The third-order valence-electron chi connectivity index (χ3n) is 10.4. The topological polar surface area (TPSA) is 0 Å². The fraction of sp³-hybridized carbons (Fsp3) is 0.0476. The molecule has 2 spiro atoms. The lowest BCUT2D eigenvalue weighted by atomic mass is 9.49. The van der Waals surface area contributed by atoms with Crippen molar-refractivity contribution in [2.24, 2.45) is 0 Å². The molecule has 0 bridgehead atoms. The van der Waals surface area contributed by atoms with E-state index in [1.54, 1.807) is 0 Å². The van der Waals surface area contributed by atoms with Gasteiger partial charge in [-0.3, -0.25) is 0 Å². The summed E-state index contributed by atoms with van der Waals surface area (Å²) in [4.78, 5) is 0. The van der Waals surface area contributed by atoms with E-state index in [2.05, 4.69) is 158 Å². The van der Waals surface area contributed by atoms with E-state index in [9.17, 15) is 0 Å². The zero-order chi connectivity index (χ0) is 27.5. The molecule has 0 atom stereocenters. The molecule has 0 fully saturated rings. The van der Waals surface area contributed by atoms with E-state index in [1.807, 2.05) is 0 Å². The lowest BCUT2D eigenvalue weighted by Gasteiger charge is -2.51. The van der Waals surface area contributed by atoms with Crippen LogP contribution in [0.2, 0.25) is 0 Å². The highest BCUT2D eigenvalue weighted by atomic mass is 14.6. The van der Waals surface area contributed by atoms with E-state index in [-0.39, 0.29) is 0 Å². The predicted octanol–water partition coefficient (Wildman–Crippen LogP) is 9.97. The molecule has 6 aromatic rings. The molecule has 6 aromatic carbocycles. The largest absolute Gasteiger partial charge is 0.0647 e. The summed E-state index contributed by atoms with van der Waals surface area (Å²) in [5, 5.41) is 2.80. The summed E-state index contributed by atoms with van der Waals surface area (Å²) < 4.78 is 0. The van der Waals surface area contributed by atoms with Gasteiger partial charge < -0.3 is 0 Å². The molecule has 0 amide bonds. The standard InChI is InChI=1S/C42H26/c1-5-13-33-27(9-1)17-18-28-10-2-6-14-34(28)41(33)37-25-23-31-21-22-32-24-26-38(40(37)39(31)32)42(41)35-15-7-3-11-29(35)19-20-30-12-4-8-16-36(30)42/h1-26H. The minimum atomic E-state index is -0.524. The van der Waals surface area contributed by atoms with Gasteiger partial charge in [-0.15, -0.1) is 0 Å². The first-order chi connectivity index (χ1) is 20.8. The van der Waals surface area contributed by atoms with Crippen molar-refractivity contribution >= 4 is 47.2 Å². The number of rotatable bonds is 0. The Bertz CT molecular complexity index is 2000. The highest BCUT2D eigenvalue weighted by Gasteiger charge is 2.64. The summed E-state index contributed by atoms with van der Waals surface area (Å²) in [7, 11) is 0. The third kappa shape index (κ3) is 2.40. The van der Waals surface area contributed by atoms with Crippen molar-refractivity contribution in [2.45, 2.75) is 10.8 Å². The normalized spacial score (nSPS) is 16.7. The zero-order valence-corrected chi connectivity index (χ0v) is 23.0. The predicted molar refractivity (Wildman–Crippen MR) is 176 cm³/mol. The maximum atomic E-state index is 2.46. The first kappa shape index (κ1) is 22.5. The number of benzene rings is 6.